The van der Waals surface area contributed by atoms with Crippen molar-refractivity contribution in [2.75, 3.05) is 53.3 Å². The lowest BCUT2D eigenvalue weighted by atomic mass is 9.90. The fourth-order valence-electron chi connectivity index (χ4n) is 21.1. The molecule has 5 amide bonds. The van der Waals surface area contributed by atoms with E-state index in [1.165, 1.54) is 105 Å². The number of anilines is 5. The summed E-state index contributed by atoms with van der Waals surface area (Å²) < 4.78 is 7.04. The number of nitrogens with zero attached hydrogens (tertiary/aromatic N) is 8. The van der Waals surface area contributed by atoms with Gasteiger partial charge in [-0.05, 0) is 256 Å². The minimum Gasteiger partial charge on any atom is -0.397 e. The van der Waals surface area contributed by atoms with Crippen LogP contribution >= 0.6 is 0 Å². The molecule has 6 saturated carbocycles. The van der Waals surface area contributed by atoms with Crippen LogP contribution in [0.2, 0.25) is 0 Å². The van der Waals surface area contributed by atoms with Gasteiger partial charge in [0.25, 0.3) is 11.8 Å². The van der Waals surface area contributed by atoms with Crippen molar-refractivity contribution in [1.29, 1.82) is 0 Å². The highest BCUT2D eigenvalue weighted by Gasteiger charge is 2.63. The smallest absolute Gasteiger partial charge is 0.255 e. The van der Waals surface area contributed by atoms with E-state index >= 15 is 0 Å². The van der Waals surface area contributed by atoms with Crippen LogP contribution in [0.4, 0.5) is 34.1 Å². The number of nitrogens with one attached hydrogen (secondary N) is 10. The van der Waals surface area contributed by atoms with Gasteiger partial charge in [0, 0.05) is 104 Å². The summed E-state index contributed by atoms with van der Waals surface area (Å²) in [6.45, 7) is 4.76. The van der Waals surface area contributed by atoms with E-state index in [1.54, 1.807) is 30.3 Å². The van der Waals surface area contributed by atoms with Crippen molar-refractivity contribution in [3.63, 3.8) is 0 Å². The molecule has 618 valence electrons. The lowest BCUT2D eigenvalue weighted by Gasteiger charge is -2.17. The van der Waals surface area contributed by atoms with Gasteiger partial charge in [0.2, 0.25) is 23.5 Å². The van der Waals surface area contributed by atoms with Crippen molar-refractivity contribution in [3.05, 3.63) is 268 Å². The van der Waals surface area contributed by atoms with Gasteiger partial charge in [-0.3, -0.25) is 39.2 Å². The molecule has 122 heavy (non-hydrogen) atoms. The standard InChI is InChI=1S/C35H25N5O2.C23H28N6O.C20H23N3O.C19H23N5O2/c41-34(36-27-10-5-8-24(19-27)32-21-25-7-1-2-12-29(25)38-32)22-15-17-23(18-16-22)35(42)37-28-11-6-9-26(20-28)33-39-30-13-3-4-14-31(30)40-33;30-22(24-12-15-11-16-2-3-17(15)23(16)7-8-23)6-5-20-27-21(29-28-20)10-14-1-4-18-19(9-14)26-13-25-18;21-17-2-1-9-23-15(4-6-18(17)23)11-19(24)22-12-13-10-14-3-5-16(13)20(14)7-8-20;1-11-8-15(24-26-11)18-21-16(22-23-18)4-5-17(25)20-10-12-9-13-2-3-14(12)19(13)6-7-19/h1-20H,21H2,(H,36,41)(H,37,42)(H,39,40);1,4,9,11,16-17,25-26H,2-3,5-8,10,12-13H2,(H,24,30)(H,27,28,29);1-2,4,6,9-10,14,16H,3,5,7-8,11-12,21H2,(H,22,24);8-9,13-14H,2-7,10H2,1H3,(H,20,25)(H,21,22,23). The Morgan fingerprint density at radius 3 is 1.80 bits per heavy atom. The lowest BCUT2D eigenvalue weighted by Crippen LogP contribution is -2.29. The fraction of sp³-hybridized carbons (Fsp3) is 0.340. The second-order valence-electron chi connectivity index (χ2n) is 35.0. The minimum atomic E-state index is -0.269. The average molecular weight is 1630 g/mol. The number of fused-ring (bicyclic) bond motifs is 4. The first-order valence-corrected chi connectivity index (χ1v) is 43.3. The van der Waals surface area contributed by atoms with Crippen molar-refractivity contribution in [1.82, 2.24) is 65.8 Å². The molecule has 12 N–H and O–H groups in total. The van der Waals surface area contributed by atoms with Crippen LogP contribution in [0.5, 0.6) is 0 Å². The van der Waals surface area contributed by atoms with Crippen molar-refractivity contribution in [3.8, 4) is 22.9 Å². The number of allylic oxidation sites excluding steroid dienone is 3. The summed E-state index contributed by atoms with van der Waals surface area (Å²) in [4.78, 5) is 84.6. The van der Waals surface area contributed by atoms with Crippen LogP contribution in [-0.2, 0) is 46.5 Å². The van der Waals surface area contributed by atoms with Crippen LogP contribution in [0.15, 0.2) is 221 Å². The number of nitrogens with two attached hydrogens (primary N) is 1. The van der Waals surface area contributed by atoms with E-state index in [0.717, 1.165) is 135 Å². The normalized spacial score (nSPS) is 20.6. The quantitative estimate of drug-likeness (QED) is 0.0265. The monoisotopic (exact) mass is 1630 g/mol. The summed E-state index contributed by atoms with van der Waals surface area (Å²) in [6.07, 6.45) is 29.5. The molecule has 3 spiro atoms. The maximum Gasteiger partial charge on any atom is 0.255 e. The average Bonchev–Trinajstić information content (AvgIpc) is 1.55. The van der Waals surface area contributed by atoms with Crippen LogP contribution < -0.4 is 43.0 Å². The zero-order valence-corrected chi connectivity index (χ0v) is 68.3. The number of pyridine rings is 1. The second kappa shape index (κ2) is 32.3. The maximum absolute atomic E-state index is 13.0. The lowest BCUT2D eigenvalue weighted by molar-refractivity contribution is -0.121. The zero-order chi connectivity index (χ0) is 82.6. The Kier molecular flexibility index (Phi) is 20.5. The van der Waals surface area contributed by atoms with Gasteiger partial charge in [0.05, 0.1) is 58.1 Å². The number of aryl methyl sites for hydroxylation is 3. The van der Waals surface area contributed by atoms with Crippen molar-refractivity contribution in [2.24, 2.45) is 56.7 Å². The minimum absolute atomic E-state index is 0.0637. The number of amides is 5. The van der Waals surface area contributed by atoms with Crippen molar-refractivity contribution < 1.29 is 28.5 Å². The highest BCUT2D eigenvalue weighted by atomic mass is 16.5. The van der Waals surface area contributed by atoms with Crippen LogP contribution in [0, 0.1) is 58.7 Å². The third-order valence-electron chi connectivity index (χ3n) is 27.7. The summed E-state index contributed by atoms with van der Waals surface area (Å²) in [7, 11) is 0. The van der Waals surface area contributed by atoms with Crippen LogP contribution in [-0.4, -0.2) is 111 Å². The van der Waals surface area contributed by atoms with E-state index in [1.807, 2.05) is 133 Å². The molecule has 9 aliphatic carbocycles. The van der Waals surface area contributed by atoms with E-state index in [0.29, 0.717) is 113 Å². The molecule has 6 aromatic carbocycles. The molecule has 25 heteroatoms. The first-order chi connectivity index (χ1) is 59.6. The second-order valence-corrected chi connectivity index (χ2v) is 35.0. The molecular weight excluding hydrogens is 1530 g/mol. The number of nitrogen functional groups attached to an aromatic ring is 1. The largest absolute Gasteiger partial charge is 0.397 e. The highest BCUT2D eigenvalue weighted by molar-refractivity contribution is 6.10. The van der Waals surface area contributed by atoms with Gasteiger partial charge in [-0.1, -0.05) is 101 Å². The Morgan fingerprint density at radius 1 is 0.557 bits per heavy atom. The van der Waals surface area contributed by atoms with E-state index in [2.05, 4.69) is 125 Å². The molecule has 2 aliphatic heterocycles. The number of carbonyl (C=O) groups excluding carboxylic acids is 5. The van der Waals surface area contributed by atoms with Crippen LogP contribution in [0.1, 0.15) is 156 Å². The number of aliphatic imine (C=N–C) groups is 1. The van der Waals surface area contributed by atoms with Crippen LogP contribution in [0.25, 0.3) is 39.5 Å². The molecular formula is C97H99N19O6. The summed E-state index contributed by atoms with van der Waals surface area (Å²) >= 11 is 0. The van der Waals surface area contributed by atoms with E-state index in [-0.39, 0.29) is 29.5 Å². The fourth-order valence-corrected chi connectivity index (χ4v) is 21.1. The number of benzene rings is 6. The number of hydrogen-bond acceptors (Lipinski definition) is 16. The Bertz CT molecular complexity index is 6170. The SMILES string of the molecule is Cc1cc(-c2n[nH]c(CCC(=O)NCC3=CC4CCC3C43CC3)n2)no1.Nc1cccn2c(CC(=O)NCC3=CC4CCC3C43CC3)ccc12.O=C(CCc1n[nH]c(Cc2ccc3c(c2)NCN3)n1)NCC1=CC2CCC1C21CC1.O=C(Nc1cccc(C2=Nc3ccccc3C2)c1)c1ccc(C(=O)Nc2cccc(-c3nc4ccccc4[nH]3)c2)cc1. The highest BCUT2D eigenvalue weighted by Crippen LogP contribution is 2.72. The maximum atomic E-state index is 13.0. The summed E-state index contributed by atoms with van der Waals surface area (Å²) in [5.74, 6) is 8.48. The van der Waals surface area contributed by atoms with Gasteiger partial charge in [0.1, 0.15) is 23.2 Å². The van der Waals surface area contributed by atoms with Crippen molar-refractivity contribution in [2.45, 2.75) is 129 Å². The summed E-state index contributed by atoms with van der Waals surface area (Å²) in [5, 5.41) is 40.1. The van der Waals surface area contributed by atoms with Gasteiger partial charge in [-0.2, -0.15) is 10.2 Å². The molecule has 11 aliphatic rings. The summed E-state index contributed by atoms with van der Waals surface area (Å²) in [6, 6.07) is 53.6. The number of hydrogen-bond donors (Lipinski definition) is 11. The number of aromatic nitrogens is 10. The first-order valence-electron chi connectivity index (χ1n) is 43.3. The Labute approximate surface area is 706 Å². The number of H-pyrrole nitrogens is 3. The van der Waals surface area contributed by atoms with Gasteiger partial charge < -0.3 is 56.9 Å². The van der Waals surface area contributed by atoms with Gasteiger partial charge >= 0.3 is 0 Å². The zero-order valence-electron chi connectivity index (χ0n) is 68.3. The third-order valence-corrected chi connectivity index (χ3v) is 27.7. The number of rotatable bonds is 23. The van der Waals surface area contributed by atoms with Crippen LogP contribution in [0.3, 0.4) is 0 Å². The molecule has 0 radical (unpaired) electrons. The third kappa shape index (κ3) is 15.8. The Hall–Kier alpha value is -13.3. The Balaban J connectivity index is 0.000000106. The molecule has 12 aromatic rings. The van der Waals surface area contributed by atoms with E-state index in [9.17, 15) is 24.0 Å². The molecule has 25 nitrogen and oxygen atoms in total. The predicted octanol–water partition coefficient (Wildman–Crippen LogP) is 15.9. The van der Waals surface area contributed by atoms with Gasteiger partial charge in [-0.15, -0.1) is 0 Å². The van der Waals surface area contributed by atoms with Crippen molar-refractivity contribution >= 4 is 85.9 Å². The number of imidazole rings is 1. The Morgan fingerprint density at radius 2 is 1.16 bits per heavy atom. The molecule has 6 bridgehead atoms. The molecule has 6 atom stereocenters. The molecule has 6 fully saturated rings. The number of aromatic amines is 3. The first kappa shape index (κ1) is 77.3. The van der Waals surface area contributed by atoms with Gasteiger partial charge in [0.15, 0.2) is 11.5 Å². The molecule has 23 rings (SSSR count). The van der Waals surface area contributed by atoms with Gasteiger partial charge in [-0.25, -0.2) is 15.0 Å². The molecule has 8 heterocycles. The predicted molar refractivity (Wildman–Crippen MR) is 470 cm³/mol. The topological polar surface area (TPSA) is 350 Å². The molecule has 6 unspecified atom stereocenters. The molecule has 0 saturated heterocycles. The number of carbonyl (C=O) groups is 5. The summed E-state index contributed by atoms with van der Waals surface area (Å²) in [5.41, 5.74) is 28.1. The van der Waals surface area contributed by atoms with E-state index in [4.69, 9.17) is 15.2 Å². The van der Waals surface area contributed by atoms with E-state index < -0.39 is 0 Å². The molecule has 6 aromatic heterocycles. The number of para-hydroxylation sites is 3.